The molecule has 28 heavy (non-hydrogen) atoms. The topological polar surface area (TPSA) is 78.0 Å². The molecule has 1 aromatic heterocycles. The maximum absolute atomic E-state index is 13.3. The van der Waals surface area contributed by atoms with E-state index in [2.05, 4.69) is 21.0 Å². The Labute approximate surface area is 168 Å². The molecule has 0 saturated carbocycles. The molecule has 0 amide bonds. The summed E-state index contributed by atoms with van der Waals surface area (Å²) in [6.07, 6.45) is -3.57. The van der Waals surface area contributed by atoms with Gasteiger partial charge in [-0.2, -0.15) is 18.3 Å². The van der Waals surface area contributed by atoms with Crippen LogP contribution in [0.15, 0.2) is 57.9 Å². The van der Waals surface area contributed by atoms with Crippen LogP contribution in [0.2, 0.25) is 0 Å². The molecule has 10 heteroatoms. The van der Waals surface area contributed by atoms with Crippen LogP contribution in [-0.2, 0) is 22.6 Å². The number of aromatic nitrogens is 2. The van der Waals surface area contributed by atoms with Crippen LogP contribution >= 0.6 is 15.9 Å². The molecular weight excluding hydrogens is 459 g/mol. The molecule has 0 unspecified atom stereocenters. The number of benzene rings is 2. The lowest BCUT2D eigenvalue weighted by molar-refractivity contribution is -0.141. The molecule has 0 bridgehead atoms. The molecule has 0 atom stereocenters. The Morgan fingerprint density at radius 3 is 2.29 bits per heavy atom. The van der Waals surface area contributed by atoms with Crippen LogP contribution in [0.5, 0.6) is 0 Å². The fraction of sp³-hybridized carbons (Fsp3) is 0.167. The molecule has 0 radical (unpaired) electrons. The predicted molar refractivity (Wildman–Crippen MR) is 103 cm³/mol. The molecule has 0 aliphatic rings. The smallest absolute Gasteiger partial charge is 0.326 e. The Morgan fingerprint density at radius 1 is 1.11 bits per heavy atom. The average molecular weight is 474 g/mol. The summed E-state index contributed by atoms with van der Waals surface area (Å²) >= 11 is 3.34. The third kappa shape index (κ3) is 4.13. The highest BCUT2D eigenvalue weighted by Gasteiger charge is 2.35. The summed E-state index contributed by atoms with van der Waals surface area (Å²) in [5.41, 5.74) is 6.32. The number of rotatable bonds is 4. The van der Waals surface area contributed by atoms with E-state index in [0.29, 0.717) is 16.8 Å². The molecule has 0 saturated heterocycles. The van der Waals surface area contributed by atoms with E-state index in [-0.39, 0.29) is 17.1 Å². The van der Waals surface area contributed by atoms with Crippen LogP contribution in [-0.4, -0.2) is 24.5 Å². The number of alkyl halides is 3. The number of sulfone groups is 1. The molecule has 2 aromatic carbocycles. The molecule has 0 aliphatic heterocycles. The Kier molecular flexibility index (Phi) is 5.39. The second-order valence-electron chi connectivity index (χ2n) is 6.10. The van der Waals surface area contributed by atoms with Gasteiger partial charge in [0.2, 0.25) is 0 Å². The summed E-state index contributed by atoms with van der Waals surface area (Å²) in [6, 6.07) is 11.5. The van der Waals surface area contributed by atoms with Crippen molar-refractivity contribution in [3.63, 3.8) is 0 Å². The lowest BCUT2D eigenvalue weighted by atomic mass is 10.1. The van der Waals surface area contributed by atoms with E-state index >= 15 is 0 Å². The van der Waals surface area contributed by atoms with Crippen LogP contribution in [0.1, 0.15) is 11.3 Å². The fourth-order valence-corrected chi connectivity index (χ4v) is 3.68. The van der Waals surface area contributed by atoms with Gasteiger partial charge in [0, 0.05) is 22.8 Å². The van der Waals surface area contributed by atoms with Crippen LogP contribution in [0, 0.1) is 0 Å². The van der Waals surface area contributed by atoms with Gasteiger partial charge in [-0.05, 0) is 42.0 Å². The summed E-state index contributed by atoms with van der Waals surface area (Å²) in [4.78, 5) is 0.0763. The van der Waals surface area contributed by atoms with Crippen LogP contribution in [0.3, 0.4) is 0 Å². The monoisotopic (exact) mass is 473 g/mol. The molecule has 5 nitrogen and oxygen atoms in total. The van der Waals surface area contributed by atoms with Crippen molar-refractivity contribution in [1.82, 2.24) is 9.78 Å². The predicted octanol–water partition coefficient (Wildman–Crippen LogP) is 4.18. The van der Waals surface area contributed by atoms with Crippen molar-refractivity contribution in [3.8, 4) is 16.9 Å². The van der Waals surface area contributed by atoms with Gasteiger partial charge in [-0.15, -0.1) is 0 Å². The summed E-state index contributed by atoms with van der Waals surface area (Å²) in [7, 11) is -3.42. The molecule has 2 N–H and O–H groups in total. The van der Waals surface area contributed by atoms with Gasteiger partial charge in [0.15, 0.2) is 15.5 Å². The minimum Gasteiger partial charge on any atom is -0.326 e. The maximum atomic E-state index is 13.3. The molecule has 3 rings (SSSR count). The van der Waals surface area contributed by atoms with E-state index in [0.717, 1.165) is 16.8 Å². The molecular formula is C18H15BrF3N3O2S. The lowest BCUT2D eigenvalue weighted by Gasteiger charge is -2.11. The second kappa shape index (κ2) is 7.34. The first-order valence-corrected chi connectivity index (χ1v) is 10.7. The molecule has 0 fully saturated rings. The van der Waals surface area contributed by atoms with Crippen molar-refractivity contribution in [1.29, 1.82) is 0 Å². The molecule has 0 aliphatic carbocycles. The first-order valence-electron chi connectivity index (χ1n) is 7.97. The third-order valence-electron chi connectivity index (χ3n) is 4.07. The maximum Gasteiger partial charge on any atom is 0.435 e. The number of nitrogens with zero attached hydrogens (tertiary/aromatic N) is 2. The largest absolute Gasteiger partial charge is 0.435 e. The minimum atomic E-state index is -4.63. The lowest BCUT2D eigenvalue weighted by Crippen LogP contribution is -2.08. The van der Waals surface area contributed by atoms with E-state index < -0.39 is 21.7 Å². The van der Waals surface area contributed by atoms with Crippen molar-refractivity contribution < 1.29 is 21.6 Å². The van der Waals surface area contributed by atoms with Gasteiger partial charge < -0.3 is 5.73 Å². The van der Waals surface area contributed by atoms with Crippen molar-refractivity contribution in [2.24, 2.45) is 5.73 Å². The van der Waals surface area contributed by atoms with Crippen LogP contribution < -0.4 is 5.73 Å². The SMILES string of the molecule is CS(=O)(=O)c1ccc(-c2cc(C(F)(F)F)nn2-c2ccc(Br)c(CN)c2)cc1. The molecule has 3 aromatic rings. The Bertz CT molecular complexity index is 1120. The van der Waals surface area contributed by atoms with Crippen LogP contribution in [0.25, 0.3) is 16.9 Å². The number of hydrogen-bond acceptors (Lipinski definition) is 4. The van der Waals surface area contributed by atoms with E-state index in [4.69, 9.17) is 5.73 Å². The number of halogens is 4. The molecule has 0 spiro atoms. The van der Waals surface area contributed by atoms with Crippen molar-refractivity contribution in [2.45, 2.75) is 17.6 Å². The van der Waals surface area contributed by atoms with Gasteiger partial charge in [-0.3, -0.25) is 0 Å². The average Bonchev–Trinajstić information content (AvgIpc) is 3.07. The summed E-state index contributed by atoms with van der Waals surface area (Å²) in [6.45, 7) is 0.195. The van der Waals surface area contributed by atoms with E-state index in [9.17, 15) is 21.6 Å². The van der Waals surface area contributed by atoms with Gasteiger partial charge in [0.25, 0.3) is 0 Å². The minimum absolute atomic E-state index is 0.0763. The second-order valence-corrected chi connectivity index (χ2v) is 8.97. The van der Waals surface area contributed by atoms with Crippen LogP contribution in [0.4, 0.5) is 13.2 Å². The highest BCUT2D eigenvalue weighted by molar-refractivity contribution is 9.10. The molecule has 1 heterocycles. The highest BCUT2D eigenvalue weighted by Crippen LogP contribution is 2.34. The normalized spacial score (nSPS) is 12.4. The van der Waals surface area contributed by atoms with E-state index in [1.54, 1.807) is 18.2 Å². The Hall–Kier alpha value is -2.17. The van der Waals surface area contributed by atoms with Crippen molar-refractivity contribution in [3.05, 3.63) is 64.3 Å². The van der Waals surface area contributed by atoms with Gasteiger partial charge in [-0.25, -0.2) is 13.1 Å². The third-order valence-corrected chi connectivity index (χ3v) is 5.97. The summed E-state index contributed by atoms with van der Waals surface area (Å²) < 4.78 is 64.9. The number of nitrogens with two attached hydrogens (primary N) is 1. The summed E-state index contributed by atoms with van der Waals surface area (Å²) in [5, 5.41) is 3.72. The fourth-order valence-electron chi connectivity index (χ4n) is 2.64. The quantitative estimate of drug-likeness (QED) is 0.616. The van der Waals surface area contributed by atoms with Crippen molar-refractivity contribution >= 4 is 25.8 Å². The zero-order valence-electron chi connectivity index (χ0n) is 14.5. The zero-order valence-corrected chi connectivity index (χ0v) is 16.9. The van der Waals surface area contributed by atoms with Gasteiger partial charge in [0.05, 0.1) is 16.3 Å². The van der Waals surface area contributed by atoms with Gasteiger partial charge in [-0.1, -0.05) is 28.1 Å². The Balaban J connectivity index is 2.19. The van der Waals surface area contributed by atoms with E-state index in [1.807, 2.05) is 0 Å². The Morgan fingerprint density at radius 2 is 1.75 bits per heavy atom. The standard InChI is InChI=1S/C18H15BrF3N3O2S/c1-28(26,27)14-5-2-11(3-6-14)16-9-17(18(20,21)22)24-25(16)13-4-7-15(19)12(8-13)10-23/h2-9H,10,23H2,1H3. The number of hydrogen-bond donors (Lipinski definition) is 1. The highest BCUT2D eigenvalue weighted by atomic mass is 79.9. The zero-order chi connectivity index (χ0) is 20.7. The first kappa shape index (κ1) is 20.6. The van der Waals surface area contributed by atoms with Crippen molar-refractivity contribution in [2.75, 3.05) is 6.26 Å². The first-order chi connectivity index (χ1) is 13.0. The van der Waals surface area contributed by atoms with Gasteiger partial charge >= 0.3 is 6.18 Å². The van der Waals surface area contributed by atoms with E-state index in [1.165, 1.54) is 28.9 Å². The summed E-state index contributed by atoms with van der Waals surface area (Å²) in [5.74, 6) is 0. The molecule has 148 valence electrons. The van der Waals surface area contributed by atoms with Gasteiger partial charge in [0.1, 0.15) is 0 Å².